The summed E-state index contributed by atoms with van der Waals surface area (Å²) in [6.07, 6.45) is 75.1. The van der Waals surface area contributed by atoms with Gasteiger partial charge in [-0.1, -0.05) is 233 Å². The molecular weight excluding hydrogens is 841 g/mol. The third kappa shape index (κ3) is 53.0. The van der Waals surface area contributed by atoms with E-state index < -0.39 is 6.10 Å². The van der Waals surface area contributed by atoms with Gasteiger partial charge in [0.25, 0.3) is 0 Å². The van der Waals surface area contributed by atoms with Crippen molar-refractivity contribution in [2.75, 3.05) is 13.2 Å². The first kappa shape index (κ1) is 64.1. The maximum absolute atomic E-state index is 12.8. The standard InChI is InChI=1S/C62H102O6/c1-4-7-10-13-16-19-22-25-27-28-29-30-31-32-33-34-36-37-40-43-46-49-52-55-61(64)67-58-59(57-66-60(63)54-51-48-45-42-39-24-21-18-15-12-9-6-3)68-62(65)56-53-50-47-44-41-38-35-26-23-20-17-14-11-8-5-2/h7,10,16-17,19-20,25-27,29-30,32-33,35-37,43,46,59H,4-6,8-9,11-15,18,21-24,28,31,34,38-42,44-45,47-58H2,1-3H3/b10-7-,19-16-,20-17-,27-25-,30-29-,33-32-,35-26-,37-36-,46-43-. The van der Waals surface area contributed by atoms with Crippen LogP contribution in [0.3, 0.4) is 0 Å². The zero-order chi connectivity index (χ0) is 49.3. The quantitative estimate of drug-likeness (QED) is 0.0262. The summed E-state index contributed by atoms with van der Waals surface area (Å²) >= 11 is 0. The van der Waals surface area contributed by atoms with Gasteiger partial charge in [0.15, 0.2) is 6.10 Å². The molecule has 0 amide bonds. The summed E-state index contributed by atoms with van der Waals surface area (Å²) in [4.78, 5) is 38.0. The molecule has 0 fully saturated rings. The van der Waals surface area contributed by atoms with Crippen molar-refractivity contribution in [3.05, 3.63) is 109 Å². The lowest BCUT2D eigenvalue weighted by Gasteiger charge is -2.18. The van der Waals surface area contributed by atoms with Gasteiger partial charge < -0.3 is 14.2 Å². The lowest BCUT2D eigenvalue weighted by atomic mass is 10.0. The topological polar surface area (TPSA) is 78.9 Å². The minimum atomic E-state index is -0.809. The Hall–Kier alpha value is -3.93. The smallest absolute Gasteiger partial charge is 0.306 e. The van der Waals surface area contributed by atoms with Gasteiger partial charge in [-0.3, -0.25) is 14.4 Å². The van der Waals surface area contributed by atoms with Gasteiger partial charge in [-0.25, -0.2) is 0 Å². The highest BCUT2D eigenvalue weighted by Crippen LogP contribution is 2.14. The Morgan fingerprint density at radius 3 is 0.985 bits per heavy atom. The molecule has 1 atom stereocenters. The summed E-state index contributed by atoms with van der Waals surface area (Å²) in [5, 5.41) is 0. The second-order valence-electron chi connectivity index (χ2n) is 18.1. The average Bonchev–Trinajstić information content (AvgIpc) is 3.34. The second kappa shape index (κ2) is 55.7. The van der Waals surface area contributed by atoms with E-state index in [1.165, 1.54) is 83.5 Å². The van der Waals surface area contributed by atoms with Crippen LogP contribution in [0.5, 0.6) is 0 Å². The Morgan fingerprint density at radius 1 is 0.309 bits per heavy atom. The number of allylic oxidation sites excluding steroid dienone is 18. The Kier molecular flexibility index (Phi) is 52.4. The van der Waals surface area contributed by atoms with Crippen LogP contribution in [0.25, 0.3) is 0 Å². The molecule has 0 rings (SSSR count). The lowest BCUT2D eigenvalue weighted by Crippen LogP contribution is -2.30. The molecule has 0 aromatic heterocycles. The SMILES string of the molecule is CC/C=C\C/C=C\C/C=C\C/C=C\C/C=C\C/C=C\C/C=C\CCCC(=O)OCC(COC(=O)CCCCCCCCCCCCCC)OC(=O)CCCCCCC/C=C\C/C=C\CCCCC. The van der Waals surface area contributed by atoms with Gasteiger partial charge >= 0.3 is 17.9 Å². The predicted octanol–water partition coefficient (Wildman–Crippen LogP) is 18.7. The predicted molar refractivity (Wildman–Crippen MR) is 293 cm³/mol. The van der Waals surface area contributed by atoms with E-state index in [0.29, 0.717) is 19.3 Å². The number of carbonyl (C=O) groups excluding carboxylic acids is 3. The van der Waals surface area contributed by atoms with Gasteiger partial charge in [0, 0.05) is 19.3 Å². The number of unbranched alkanes of at least 4 members (excludes halogenated alkanes) is 20. The van der Waals surface area contributed by atoms with Crippen molar-refractivity contribution in [2.24, 2.45) is 0 Å². The van der Waals surface area contributed by atoms with Gasteiger partial charge in [0.1, 0.15) is 13.2 Å². The molecule has 6 nitrogen and oxygen atoms in total. The number of ether oxygens (including phenoxy) is 3. The fourth-order valence-electron chi connectivity index (χ4n) is 7.34. The van der Waals surface area contributed by atoms with Crippen LogP contribution < -0.4 is 0 Å². The van der Waals surface area contributed by atoms with E-state index in [0.717, 1.165) is 116 Å². The van der Waals surface area contributed by atoms with Crippen LogP contribution in [0.4, 0.5) is 0 Å². The van der Waals surface area contributed by atoms with E-state index in [9.17, 15) is 14.4 Å². The minimum Gasteiger partial charge on any atom is -0.462 e. The molecule has 0 aromatic rings. The van der Waals surface area contributed by atoms with E-state index in [1.807, 2.05) is 0 Å². The van der Waals surface area contributed by atoms with Crippen LogP contribution in [0.15, 0.2) is 109 Å². The lowest BCUT2D eigenvalue weighted by molar-refractivity contribution is -0.167. The van der Waals surface area contributed by atoms with Crippen LogP contribution in [-0.4, -0.2) is 37.2 Å². The molecule has 0 aliphatic heterocycles. The van der Waals surface area contributed by atoms with Gasteiger partial charge in [-0.2, -0.15) is 0 Å². The molecule has 0 aromatic carbocycles. The number of hydrogen-bond acceptors (Lipinski definition) is 6. The number of esters is 3. The maximum Gasteiger partial charge on any atom is 0.306 e. The molecule has 0 saturated carbocycles. The summed E-state index contributed by atoms with van der Waals surface area (Å²) in [6.45, 7) is 6.43. The van der Waals surface area contributed by atoms with Gasteiger partial charge in [0.05, 0.1) is 0 Å². The maximum atomic E-state index is 12.8. The summed E-state index contributed by atoms with van der Waals surface area (Å²) in [5.74, 6) is -0.979. The first-order chi connectivity index (χ1) is 33.5. The van der Waals surface area contributed by atoms with Crippen LogP contribution in [-0.2, 0) is 28.6 Å². The highest BCUT2D eigenvalue weighted by molar-refractivity contribution is 5.71. The van der Waals surface area contributed by atoms with E-state index in [4.69, 9.17) is 14.2 Å². The number of rotatable bonds is 49. The Balaban J connectivity index is 4.48. The summed E-state index contributed by atoms with van der Waals surface area (Å²) in [6, 6.07) is 0. The minimum absolute atomic E-state index is 0.102. The molecule has 0 aliphatic carbocycles. The molecule has 68 heavy (non-hydrogen) atoms. The fourth-order valence-corrected chi connectivity index (χ4v) is 7.34. The summed E-state index contributed by atoms with van der Waals surface area (Å²) < 4.78 is 16.8. The molecule has 0 spiro atoms. The largest absolute Gasteiger partial charge is 0.462 e. The molecular formula is C62H102O6. The third-order valence-corrected chi connectivity index (χ3v) is 11.5. The molecule has 1 unspecified atom stereocenters. The van der Waals surface area contributed by atoms with Crippen molar-refractivity contribution in [3.8, 4) is 0 Å². The second-order valence-corrected chi connectivity index (χ2v) is 18.1. The number of carbonyl (C=O) groups is 3. The molecule has 0 aliphatic rings. The van der Waals surface area contributed by atoms with Crippen molar-refractivity contribution in [1.82, 2.24) is 0 Å². The van der Waals surface area contributed by atoms with Crippen LogP contribution in [0.2, 0.25) is 0 Å². The van der Waals surface area contributed by atoms with Crippen molar-refractivity contribution in [3.63, 3.8) is 0 Å². The Morgan fingerprint density at radius 2 is 0.588 bits per heavy atom. The molecule has 0 bridgehead atoms. The molecule has 0 saturated heterocycles. The molecule has 0 heterocycles. The molecule has 6 heteroatoms. The van der Waals surface area contributed by atoms with Crippen molar-refractivity contribution in [1.29, 1.82) is 0 Å². The highest BCUT2D eigenvalue weighted by atomic mass is 16.6. The summed E-state index contributed by atoms with van der Waals surface area (Å²) in [5.41, 5.74) is 0. The van der Waals surface area contributed by atoms with Crippen molar-refractivity contribution >= 4 is 17.9 Å². The van der Waals surface area contributed by atoms with Gasteiger partial charge in [-0.15, -0.1) is 0 Å². The molecule has 0 radical (unpaired) electrons. The first-order valence-electron chi connectivity index (χ1n) is 27.9. The first-order valence-corrected chi connectivity index (χ1v) is 27.9. The molecule has 386 valence electrons. The summed E-state index contributed by atoms with van der Waals surface area (Å²) in [7, 11) is 0. The van der Waals surface area contributed by atoms with Crippen LogP contribution in [0.1, 0.15) is 245 Å². The Bertz CT molecular complexity index is 1410. The van der Waals surface area contributed by atoms with Crippen LogP contribution in [0, 0.1) is 0 Å². The third-order valence-electron chi connectivity index (χ3n) is 11.5. The normalized spacial score (nSPS) is 12.9. The molecule has 0 N–H and O–H groups in total. The van der Waals surface area contributed by atoms with E-state index in [1.54, 1.807) is 0 Å². The Labute approximate surface area is 419 Å². The highest BCUT2D eigenvalue weighted by Gasteiger charge is 2.19. The van der Waals surface area contributed by atoms with Crippen LogP contribution >= 0.6 is 0 Å². The number of hydrogen-bond donors (Lipinski definition) is 0. The van der Waals surface area contributed by atoms with Gasteiger partial charge in [-0.05, 0) is 103 Å². The van der Waals surface area contributed by atoms with E-state index in [2.05, 4.69) is 130 Å². The zero-order valence-corrected chi connectivity index (χ0v) is 44.1. The zero-order valence-electron chi connectivity index (χ0n) is 44.1. The van der Waals surface area contributed by atoms with Gasteiger partial charge in [0.2, 0.25) is 0 Å². The van der Waals surface area contributed by atoms with Crippen molar-refractivity contribution < 1.29 is 28.6 Å². The average molecular weight is 943 g/mol. The van der Waals surface area contributed by atoms with E-state index >= 15 is 0 Å². The monoisotopic (exact) mass is 943 g/mol. The van der Waals surface area contributed by atoms with E-state index in [-0.39, 0.29) is 37.5 Å². The van der Waals surface area contributed by atoms with Crippen molar-refractivity contribution in [2.45, 2.75) is 252 Å². The fraction of sp³-hybridized carbons (Fsp3) is 0.661.